The highest BCUT2D eigenvalue weighted by Gasteiger charge is 2.07. The highest BCUT2D eigenvalue weighted by atomic mass is 127. The molecule has 0 saturated heterocycles. The summed E-state index contributed by atoms with van der Waals surface area (Å²) < 4.78 is 0. The van der Waals surface area contributed by atoms with Crippen LogP contribution >= 0.6 is 35.3 Å². The van der Waals surface area contributed by atoms with E-state index in [1.165, 1.54) is 10.4 Å². The molecule has 6 heteroatoms. The van der Waals surface area contributed by atoms with Gasteiger partial charge in [-0.15, -0.1) is 35.3 Å². The molecular formula is C19H29IN4S. The third-order valence-electron chi connectivity index (χ3n) is 3.88. The molecular weight excluding hydrogens is 443 g/mol. The van der Waals surface area contributed by atoms with Crippen LogP contribution in [-0.2, 0) is 6.42 Å². The molecule has 138 valence electrons. The van der Waals surface area contributed by atoms with Crippen LogP contribution in [0.15, 0.2) is 35.3 Å². The van der Waals surface area contributed by atoms with E-state index in [9.17, 15) is 0 Å². The highest BCUT2D eigenvalue weighted by molar-refractivity contribution is 14.0. The number of aryl methyl sites for hydroxylation is 2. The third-order valence-corrected chi connectivity index (χ3v) is 5.01. The van der Waals surface area contributed by atoms with Gasteiger partial charge in [0.2, 0.25) is 0 Å². The number of nitrogens with one attached hydrogen (secondary N) is 2. The highest BCUT2D eigenvalue weighted by Crippen LogP contribution is 2.17. The van der Waals surface area contributed by atoms with Gasteiger partial charge >= 0.3 is 0 Å². The van der Waals surface area contributed by atoms with Crippen molar-refractivity contribution in [2.75, 3.05) is 19.6 Å². The smallest absolute Gasteiger partial charge is 0.191 e. The van der Waals surface area contributed by atoms with E-state index in [4.69, 9.17) is 4.99 Å². The van der Waals surface area contributed by atoms with Gasteiger partial charge in [0.25, 0.3) is 0 Å². The second kappa shape index (κ2) is 11.5. The maximum absolute atomic E-state index is 4.73. The van der Waals surface area contributed by atoms with Gasteiger partial charge in [0.1, 0.15) is 0 Å². The van der Waals surface area contributed by atoms with Crippen LogP contribution in [0.2, 0.25) is 0 Å². The normalized spacial score (nSPS) is 12.4. The van der Waals surface area contributed by atoms with Crippen LogP contribution in [0.25, 0.3) is 0 Å². The van der Waals surface area contributed by atoms with Crippen molar-refractivity contribution in [2.45, 2.75) is 40.0 Å². The average molecular weight is 472 g/mol. The molecule has 2 N–H and O–H groups in total. The molecule has 0 amide bonds. The van der Waals surface area contributed by atoms with Gasteiger partial charge in [0.05, 0.1) is 10.7 Å². The van der Waals surface area contributed by atoms with E-state index in [0.29, 0.717) is 5.92 Å². The summed E-state index contributed by atoms with van der Waals surface area (Å²) in [5.74, 6) is 1.30. The van der Waals surface area contributed by atoms with Gasteiger partial charge < -0.3 is 10.6 Å². The van der Waals surface area contributed by atoms with Gasteiger partial charge in [-0.1, -0.05) is 37.3 Å². The van der Waals surface area contributed by atoms with E-state index in [0.717, 1.165) is 42.7 Å². The number of rotatable bonds is 7. The van der Waals surface area contributed by atoms with E-state index in [1.807, 2.05) is 6.07 Å². The van der Waals surface area contributed by atoms with E-state index in [2.05, 4.69) is 67.6 Å². The molecule has 0 aliphatic heterocycles. The Morgan fingerprint density at radius 2 is 1.92 bits per heavy atom. The number of aromatic nitrogens is 1. The molecule has 2 rings (SSSR count). The molecule has 1 aromatic carbocycles. The Bertz CT molecular complexity index is 655. The maximum atomic E-state index is 4.73. The SMILES string of the molecule is CCNC(=NCC(C)c1ccccc1)NCCc1sc(C)nc1C.I. The van der Waals surface area contributed by atoms with Crippen LogP contribution in [0.3, 0.4) is 0 Å². The van der Waals surface area contributed by atoms with Gasteiger partial charge in [-0.05, 0) is 26.3 Å². The summed E-state index contributed by atoms with van der Waals surface area (Å²) in [6.45, 7) is 11.0. The fourth-order valence-corrected chi connectivity index (χ4v) is 3.49. The first-order valence-corrected chi connectivity index (χ1v) is 9.41. The Labute approximate surface area is 172 Å². The fraction of sp³-hybridized carbons (Fsp3) is 0.474. The van der Waals surface area contributed by atoms with Crippen molar-refractivity contribution in [1.82, 2.24) is 15.6 Å². The van der Waals surface area contributed by atoms with E-state index in [-0.39, 0.29) is 24.0 Å². The second-order valence-electron chi connectivity index (χ2n) is 5.95. The summed E-state index contributed by atoms with van der Waals surface area (Å²) in [5, 5.41) is 7.89. The van der Waals surface area contributed by atoms with Crippen LogP contribution in [-0.4, -0.2) is 30.6 Å². The van der Waals surface area contributed by atoms with Crippen molar-refractivity contribution in [3.63, 3.8) is 0 Å². The zero-order chi connectivity index (χ0) is 17.4. The number of benzene rings is 1. The molecule has 0 radical (unpaired) electrons. The van der Waals surface area contributed by atoms with Crippen LogP contribution in [0.5, 0.6) is 0 Å². The molecule has 2 aromatic rings. The molecule has 1 heterocycles. The van der Waals surface area contributed by atoms with Gasteiger partial charge in [0.15, 0.2) is 5.96 Å². The molecule has 4 nitrogen and oxygen atoms in total. The van der Waals surface area contributed by atoms with Crippen molar-refractivity contribution in [3.8, 4) is 0 Å². The van der Waals surface area contributed by atoms with Crippen LogP contribution in [0, 0.1) is 13.8 Å². The Hall–Kier alpha value is -1.15. The van der Waals surface area contributed by atoms with Crippen molar-refractivity contribution >= 4 is 41.3 Å². The molecule has 0 spiro atoms. The number of guanidine groups is 1. The van der Waals surface area contributed by atoms with Crippen molar-refractivity contribution in [3.05, 3.63) is 51.5 Å². The molecule has 0 saturated carbocycles. The quantitative estimate of drug-likeness (QED) is 0.359. The fourth-order valence-electron chi connectivity index (χ4n) is 2.56. The Morgan fingerprint density at radius 3 is 2.52 bits per heavy atom. The monoisotopic (exact) mass is 472 g/mol. The Morgan fingerprint density at radius 1 is 1.20 bits per heavy atom. The lowest BCUT2D eigenvalue weighted by Gasteiger charge is -2.13. The number of halogens is 1. The van der Waals surface area contributed by atoms with Crippen molar-refractivity contribution in [1.29, 1.82) is 0 Å². The lowest BCUT2D eigenvalue weighted by atomic mass is 10.0. The van der Waals surface area contributed by atoms with E-state index < -0.39 is 0 Å². The molecule has 0 aliphatic rings. The summed E-state index contributed by atoms with van der Waals surface area (Å²) in [4.78, 5) is 10.6. The summed E-state index contributed by atoms with van der Waals surface area (Å²) in [6, 6.07) is 10.5. The number of hydrogen-bond donors (Lipinski definition) is 2. The molecule has 0 fully saturated rings. The average Bonchev–Trinajstić information content (AvgIpc) is 2.90. The summed E-state index contributed by atoms with van der Waals surface area (Å²) in [7, 11) is 0. The molecule has 1 aromatic heterocycles. The Balaban J connectivity index is 0.00000312. The van der Waals surface area contributed by atoms with E-state index >= 15 is 0 Å². The van der Waals surface area contributed by atoms with Crippen molar-refractivity contribution in [2.24, 2.45) is 4.99 Å². The second-order valence-corrected chi connectivity index (χ2v) is 7.24. The van der Waals surface area contributed by atoms with Gasteiger partial charge in [-0.25, -0.2) is 4.98 Å². The van der Waals surface area contributed by atoms with Crippen LogP contribution in [0.4, 0.5) is 0 Å². The van der Waals surface area contributed by atoms with E-state index in [1.54, 1.807) is 11.3 Å². The molecule has 1 unspecified atom stereocenters. The van der Waals surface area contributed by atoms with Gasteiger partial charge in [0, 0.05) is 36.9 Å². The Kier molecular flexibility index (Phi) is 10.0. The lowest BCUT2D eigenvalue weighted by molar-refractivity contribution is 0.746. The summed E-state index contributed by atoms with van der Waals surface area (Å²) >= 11 is 1.78. The van der Waals surface area contributed by atoms with Crippen LogP contribution in [0.1, 0.15) is 40.9 Å². The lowest BCUT2D eigenvalue weighted by Crippen LogP contribution is -2.38. The minimum atomic E-state index is 0. The van der Waals surface area contributed by atoms with Crippen LogP contribution < -0.4 is 10.6 Å². The largest absolute Gasteiger partial charge is 0.357 e. The first-order valence-electron chi connectivity index (χ1n) is 8.60. The number of nitrogens with zero attached hydrogens (tertiary/aromatic N) is 2. The van der Waals surface area contributed by atoms with Crippen molar-refractivity contribution < 1.29 is 0 Å². The van der Waals surface area contributed by atoms with Gasteiger partial charge in [-0.3, -0.25) is 4.99 Å². The molecule has 0 aliphatic carbocycles. The summed E-state index contributed by atoms with van der Waals surface area (Å²) in [5.41, 5.74) is 2.48. The minimum Gasteiger partial charge on any atom is -0.357 e. The number of aliphatic imine (C=N–C) groups is 1. The molecule has 25 heavy (non-hydrogen) atoms. The number of hydrogen-bond acceptors (Lipinski definition) is 3. The zero-order valence-electron chi connectivity index (χ0n) is 15.5. The minimum absolute atomic E-state index is 0. The standard InChI is InChI=1S/C19H28N4S.HI/c1-5-20-19(21-12-11-18-15(3)23-16(4)24-18)22-13-14(2)17-9-7-6-8-10-17;/h6-10,14H,5,11-13H2,1-4H3,(H2,20,21,22);1H. The predicted octanol–water partition coefficient (Wildman–Crippen LogP) is 4.28. The zero-order valence-corrected chi connectivity index (χ0v) is 18.7. The predicted molar refractivity (Wildman–Crippen MR) is 120 cm³/mol. The summed E-state index contributed by atoms with van der Waals surface area (Å²) in [6.07, 6.45) is 0.982. The molecule has 1 atom stereocenters. The first-order chi connectivity index (χ1) is 11.6. The third kappa shape index (κ3) is 7.32. The topological polar surface area (TPSA) is 49.3 Å². The first kappa shape index (κ1) is 21.9. The number of thiazole rings is 1. The maximum Gasteiger partial charge on any atom is 0.191 e. The molecule has 0 bridgehead atoms. The van der Waals surface area contributed by atoms with Gasteiger partial charge in [-0.2, -0.15) is 0 Å².